The third-order valence-electron chi connectivity index (χ3n) is 2.93. The number of aromatic carboxylic acids is 1. The quantitative estimate of drug-likeness (QED) is 0.686. The Labute approximate surface area is 128 Å². The van der Waals surface area contributed by atoms with Crippen molar-refractivity contribution in [3.63, 3.8) is 0 Å². The van der Waals surface area contributed by atoms with Gasteiger partial charge in [-0.2, -0.15) is 0 Å². The van der Waals surface area contributed by atoms with Crippen LogP contribution in [0.15, 0.2) is 24.3 Å². The Morgan fingerprint density at radius 2 is 1.95 bits per heavy atom. The molecule has 0 radical (unpaired) electrons. The molecule has 0 saturated carbocycles. The van der Waals surface area contributed by atoms with Gasteiger partial charge in [0.2, 0.25) is 5.91 Å². The minimum Gasteiger partial charge on any atom is -0.478 e. The van der Waals surface area contributed by atoms with Crippen LogP contribution >= 0.6 is 0 Å². The molecule has 1 rings (SSSR count). The number of nitrogens with one attached hydrogen (secondary N) is 1. The zero-order valence-corrected chi connectivity index (χ0v) is 12.7. The van der Waals surface area contributed by atoms with Crippen LogP contribution in [-0.2, 0) is 9.53 Å². The summed E-state index contributed by atoms with van der Waals surface area (Å²) >= 11 is 0. The first-order valence-electron chi connectivity index (χ1n) is 6.80. The number of carbonyl (C=O) groups is 3. The number of rotatable bonds is 8. The first-order chi connectivity index (χ1) is 10.5. The summed E-state index contributed by atoms with van der Waals surface area (Å²) in [5.41, 5.74) is 0.262. The number of amides is 2. The average molecular weight is 308 g/mol. The number of nitrogens with zero attached hydrogens (tertiary/aromatic N) is 1. The van der Waals surface area contributed by atoms with Gasteiger partial charge >= 0.3 is 5.97 Å². The molecular formula is C15H20N2O5. The Morgan fingerprint density at radius 1 is 1.27 bits per heavy atom. The van der Waals surface area contributed by atoms with Crippen LogP contribution in [0.25, 0.3) is 0 Å². The summed E-state index contributed by atoms with van der Waals surface area (Å²) in [5, 5.41) is 11.6. The van der Waals surface area contributed by atoms with Crippen molar-refractivity contribution < 1.29 is 24.2 Å². The third-order valence-corrected chi connectivity index (χ3v) is 2.93. The number of hydrogen-bond acceptors (Lipinski definition) is 4. The van der Waals surface area contributed by atoms with E-state index in [4.69, 9.17) is 9.84 Å². The van der Waals surface area contributed by atoms with Gasteiger partial charge in [0, 0.05) is 32.9 Å². The summed E-state index contributed by atoms with van der Waals surface area (Å²) < 4.78 is 4.87. The number of likely N-dealkylation sites (N-methyl/N-ethyl adjacent to an activating group) is 1. The van der Waals surface area contributed by atoms with E-state index in [1.54, 1.807) is 7.11 Å². The van der Waals surface area contributed by atoms with Gasteiger partial charge in [0.05, 0.1) is 12.1 Å². The molecule has 0 unspecified atom stereocenters. The molecule has 22 heavy (non-hydrogen) atoms. The number of carboxylic acid groups (broad SMARTS) is 1. The molecule has 0 aliphatic carbocycles. The maximum atomic E-state index is 12.2. The van der Waals surface area contributed by atoms with Crippen LogP contribution < -0.4 is 5.32 Å². The molecule has 120 valence electrons. The molecule has 0 saturated heterocycles. The van der Waals surface area contributed by atoms with Gasteiger partial charge in [0.25, 0.3) is 5.91 Å². The van der Waals surface area contributed by atoms with Gasteiger partial charge in [-0.05, 0) is 24.6 Å². The van der Waals surface area contributed by atoms with Gasteiger partial charge in [-0.15, -0.1) is 0 Å². The first-order valence-corrected chi connectivity index (χ1v) is 6.80. The maximum absolute atomic E-state index is 12.2. The fourth-order valence-electron chi connectivity index (χ4n) is 1.79. The fraction of sp³-hybridized carbons (Fsp3) is 0.400. The van der Waals surface area contributed by atoms with Crippen LogP contribution in [0.4, 0.5) is 0 Å². The third kappa shape index (κ3) is 5.53. The highest BCUT2D eigenvalue weighted by molar-refractivity contribution is 5.98. The SMILES string of the molecule is COCCCNC(=O)CN(C)C(=O)c1cccc(C(=O)O)c1. The standard InChI is InChI=1S/C15H20N2O5/c1-17(10-13(18)16-7-4-8-22-2)14(19)11-5-3-6-12(9-11)15(20)21/h3,5-6,9H,4,7-8,10H2,1-2H3,(H,16,18)(H,20,21). The van der Waals surface area contributed by atoms with Crippen molar-refractivity contribution in [3.8, 4) is 0 Å². The van der Waals surface area contributed by atoms with Crippen molar-refractivity contribution in [1.29, 1.82) is 0 Å². The van der Waals surface area contributed by atoms with Gasteiger partial charge in [0.15, 0.2) is 0 Å². The maximum Gasteiger partial charge on any atom is 0.335 e. The Hall–Kier alpha value is -2.41. The molecule has 0 fully saturated rings. The Bertz CT molecular complexity index is 544. The lowest BCUT2D eigenvalue weighted by Gasteiger charge is -2.17. The van der Waals surface area contributed by atoms with Crippen molar-refractivity contribution in [3.05, 3.63) is 35.4 Å². The number of ether oxygens (including phenoxy) is 1. The van der Waals surface area contributed by atoms with Gasteiger partial charge < -0.3 is 20.1 Å². The van der Waals surface area contributed by atoms with Gasteiger partial charge in [-0.25, -0.2) is 4.79 Å². The van der Waals surface area contributed by atoms with Crippen LogP contribution in [0.5, 0.6) is 0 Å². The number of hydrogen-bond donors (Lipinski definition) is 2. The normalized spacial score (nSPS) is 10.1. The van der Waals surface area contributed by atoms with E-state index in [0.717, 1.165) is 0 Å². The zero-order chi connectivity index (χ0) is 16.5. The lowest BCUT2D eigenvalue weighted by atomic mass is 10.1. The number of carbonyl (C=O) groups excluding carboxylic acids is 2. The van der Waals surface area contributed by atoms with Gasteiger partial charge in [0.1, 0.15) is 0 Å². The zero-order valence-electron chi connectivity index (χ0n) is 12.7. The Balaban J connectivity index is 2.56. The van der Waals surface area contributed by atoms with Crippen molar-refractivity contribution in [2.75, 3.05) is 33.9 Å². The van der Waals surface area contributed by atoms with E-state index < -0.39 is 11.9 Å². The molecule has 0 aromatic heterocycles. The second-order valence-electron chi connectivity index (χ2n) is 4.74. The smallest absolute Gasteiger partial charge is 0.335 e. The molecule has 7 nitrogen and oxygen atoms in total. The minimum absolute atomic E-state index is 0.0308. The van der Waals surface area contributed by atoms with Crippen molar-refractivity contribution >= 4 is 17.8 Å². The second-order valence-corrected chi connectivity index (χ2v) is 4.74. The minimum atomic E-state index is -1.10. The molecule has 0 heterocycles. The lowest BCUT2D eigenvalue weighted by Crippen LogP contribution is -2.38. The van der Waals surface area contributed by atoms with E-state index >= 15 is 0 Å². The summed E-state index contributed by atoms with van der Waals surface area (Å²) in [6.07, 6.45) is 0.695. The van der Waals surface area contributed by atoms with Crippen LogP contribution in [0, 0.1) is 0 Å². The highest BCUT2D eigenvalue weighted by Crippen LogP contribution is 2.08. The molecule has 0 atom stereocenters. The summed E-state index contributed by atoms with van der Waals surface area (Å²) in [4.78, 5) is 36.0. The summed E-state index contributed by atoms with van der Waals surface area (Å²) in [5.74, 6) is -1.79. The first kappa shape index (κ1) is 17.6. The molecule has 2 N–H and O–H groups in total. The molecule has 0 spiro atoms. The lowest BCUT2D eigenvalue weighted by molar-refractivity contribution is -0.121. The topological polar surface area (TPSA) is 95.9 Å². The molecule has 1 aromatic carbocycles. The predicted molar refractivity (Wildman–Crippen MR) is 79.9 cm³/mol. The molecular weight excluding hydrogens is 288 g/mol. The largest absolute Gasteiger partial charge is 0.478 e. The van der Waals surface area contributed by atoms with Crippen molar-refractivity contribution in [1.82, 2.24) is 10.2 Å². The second kappa shape index (κ2) is 8.78. The van der Waals surface area contributed by atoms with E-state index in [2.05, 4.69) is 5.32 Å². The molecule has 0 bridgehead atoms. The van der Waals surface area contributed by atoms with E-state index in [-0.39, 0.29) is 23.6 Å². The average Bonchev–Trinajstić information content (AvgIpc) is 2.50. The highest BCUT2D eigenvalue weighted by atomic mass is 16.5. The molecule has 0 aliphatic rings. The van der Waals surface area contributed by atoms with E-state index in [9.17, 15) is 14.4 Å². The molecule has 7 heteroatoms. The summed E-state index contributed by atoms with van der Waals surface area (Å²) in [7, 11) is 3.07. The van der Waals surface area contributed by atoms with Crippen LogP contribution in [0.1, 0.15) is 27.1 Å². The fourth-order valence-corrected chi connectivity index (χ4v) is 1.79. The van der Waals surface area contributed by atoms with Crippen LogP contribution in [0.3, 0.4) is 0 Å². The predicted octanol–water partition coefficient (Wildman–Crippen LogP) is 0.610. The Kier molecular flexibility index (Phi) is 7.04. The van der Waals surface area contributed by atoms with E-state index in [1.165, 1.54) is 36.2 Å². The van der Waals surface area contributed by atoms with E-state index in [1.807, 2.05) is 0 Å². The number of carboxylic acids is 1. The number of methoxy groups -OCH3 is 1. The molecule has 1 aromatic rings. The van der Waals surface area contributed by atoms with E-state index in [0.29, 0.717) is 19.6 Å². The van der Waals surface area contributed by atoms with Crippen molar-refractivity contribution in [2.24, 2.45) is 0 Å². The van der Waals surface area contributed by atoms with Crippen LogP contribution in [0.2, 0.25) is 0 Å². The van der Waals surface area contributed by atoms with Gasteiger partial charge in [-0.3, -0.25) is 9.59 Å². The van der Waals surface area contributed by atoms with Crippen molar-refractivity contribution in [2.45, 2.75) is 6.42 Å². The molecule has 2 amide bonds. The molecule has 0 aliphatic heterocycles. The monoisotopic (exact) mass is 308 g/mol. The number of benzene rings is 1. The summed E-state index contributed by atoms with van der Waals surface area (Å²) in [6.45, 7) is 0.934. The van der Waals surface area contributed by atoms with Gasteiger partial charge in [-0.1, -0.05) is 6.07 Å². The van der Waals surface area contributed by atoms with Crippen LogP contribution in [-0.4, -0.2) is 61.6 Å². The Morgan fingerprint density at radius 3 is 2.59 bits per heavy atom. The summed E-state index contributed by atoms with van der Waals surface area (Å²) in [6, 6.07) is 5.70. The highest BCUT2D eigenvalue weighted by Gasteiger charge is 2.16.